The lowest BCUT2D eigenvalue weighted by molar-refractivity contribution is -0.117. The van der Waals surface area contributed by atoms with Crippen molar-refractivity contribution in [2.45, 2.75) is 19.5 Å². The predicted molar refractivity (Wildman–Crippen MR) is 78.0 cm³/mol. The van der Waals surface area contributed by atoms with Crippen molar-refractivity contribution in [2.24, 2.45) is 0 Å². The van der Waals surface area contributed by atoms with E-state index < -0.39 is 6.04 Å². The van der Waals surface area contributed by atoms with Crippen LogP contribution in [0.1, 0.15) is 12.5 Å². The fourth-order valence-electron chi connectivity index (χ4n) is 2.62. The number of amides is 3. The van der Waals surface area contributed by atoms with Gasteiger partial charge in [0.1, 0.15) is 6.04 Å². The fraction of sp³-hybridized carbons (Fsp3) is 0.467. The number of anilines is 1. The highest BCUT2D eigenvalue weighted by molar-refractivity contribution is 6.21. The van der Waals surface area contributed by atoms with Gasteiger partial charge in [0.15, 0.2) is 0 Å². The predicted octanol–water partition coefficient (Wildman–Crippen LogP) is 0.963. The largest absolute Gasteiger partial charge is 0.379 e. The molecule has 0 bridgehead atoms. The zero-order valence-electron chi connectivity index (χ0n) is 12.0. The minimum atomic E-state index is -0.453. The average Bonchev–Trinajstić information content (AvgIpc) is 2.74. The maximum Gasteiger partial charge on any atom is 0.329 e. The second kappa shape index (κ2) is 5.83. The summed E-state index contributed by atoms with van der Waals surface area (Å²) in [5, 5.41) is 2.61. The van der Waals surface area contributed by atoms with E-state index in [-0.39, 0.29) is 11.9 Å². The van der Waals surface area contributed by atoms with Crippen molar-refractivity contribution in [1.29, 1.82) is 0 Å². The lowest BCUT2D eigenvalue weighted by Gasteiger charge is -2.26. The lowest BCUT2D eigenvalue weighted by atomic mass is 10.1. The van der Waals surface area contributed by atoms with Crippen LogP contribution in [0.4, 0.5) is 10.5 Å². The molecule has 6 nitrogen and oxygen atoms in total. The number of rotatable bonds is 3. The molecule has 0 aliphatic carbocycles. The first-order valence-corrected chi connectivity index (χ1v) is 7.18. The van der Waals surface area contributed by atoms with Gasteiger partial charge in [0.05, 0.1) is 18.9 Å². The highest BCUT2D eigenvalue weighted by Gasteiger charge is 2.35. The van der Waals surface area contributed by atoms with E-state index in [2.05, 4.69) is 10.2 Å². The van der Waals surface area contributed by atoms with Crippen molar-refractivity contribution in [2.75, 3.05) is 31.2 Å². The van der Waals surface area contributed by atoms with Crippen LogP contribution in [0.15, 0.2) is 24.3 Å². The van der Waals surface area contributed by atoms with Crippen LogP contribution < -0.4 is 10.2 Å². The third-order valence-electron chi connectivity index (χ3n) is 3.84. The smallest absolute Gasteiger partial charge is 0.329 e. The van der Waals surface area contributed by atoms with Gasteiger partial charge in [0.25, 0.3) is 5.91 Å². The number of carbonyl (C=O) groups excluding carboxylic acids is 2. The zero-order valence-corrected chi connectivity index (χ0v) is 12.0. The number of urea groups is 1. The van der Waals surface area contributed by atoms with Crippen LogP contribution in [0.3, 0.4) is 0 Å². The Balaban J connectivity index is 1.69. The summed E-state index contributed by atoms with van der Waals surface area (Å²) < 4.78 is 5.33. The normalized spacial score (nSPS) is 23.5. The van der Waals surface area contributed by atoms with E-state index in [1.807, 2.05) is 24.3 Å². The molecule has 3 amide bonds. The molecule has 0 aromatic heterocycles. The first-order valence-electron chi connectivity index (χ1n) is 7.18. The monoisotopic (exact) mass is 289 g/mol. The Morgan fingerprint density at radius 1 is 1.19 bits per heavy atom. The molecule has 2 heterocycles. The Bertz CT molecular complexity index is 538. The van der Waals surface area contributed by atoms with Gasteiger partial charge in [-0.3, -0.25) is 9.69 Å². The van der Waals surface area contributed by atoms with E-state index in [1.165, 1.54) is 10.5 Å². The first kappa shape index (κ1) is 14.0. The van der Waals surface area contributed by atoms with Crippen molar-refractivity contribution < 1.29 is 14.3 Å². The van der Waals surface area contributed by atoms with Crippen molar-refractivity contribution in [3.05, 3.63) is 29.8 Å². The molecule has 2 aliphatic heterocycles. The number of nitrogens with zero attached hydrogens (tertiary/aromatic N) is 2. The standard InChI is InChI=1S/C15H19N3O3/c1-11-14(19)18(15(20)16-11)13-4-2-12(3-5-13)10-17-6-8-21-9-7-17/h2-5,11H,6-10H2,1H3,(H,16,20)/t11-/m0/s1. The van der Waals surface area contributed by atoms with E-state index in [0.717, 1.165) is 32.8 Å². The van der Waals surface area contributed by atoms with Gasteiger partial charge in [-0.05, 0) is 24.6 Å². The van der Waals surface area contributed by atoms with Gasteiger partial charge in [-0.1, -0.05) is 12.1 Å². The number of imide groups is 1. The molecule has 1 aromatic rings. The van der Waals surface area contributed by atoms with E-state index in [9.17, 15) is 9.59 Å². The summed E-state index contributed by atoms with van der Waals surface area (Å²) >= 11 is 0. The molecule has 0 unspecified atom stereocenters. The van der Waals surface area contributed by atoms with Crippen LogP contribution >= 0.6 is 0 Å². The van der Waals surface area contributed by atoms with Gasteiger partial charge in [0.2, 0.25) is 0 Å². The number of ether oxygens (including phenoxy) is 1. The van der Waals surface area contributed by atoms with Gasteiger partial charge in [-0.2, -0.15) is 0 Å². The third-order valence-corrected chi connectivity index (χ3v) is 3.84. The van der Waals surface area contributed by atoms with E-state index >= 15 is 0 Å². The number of carbonyl (C=O) groups is 2. The maximum atomic E-state index is 11.9. The van der Waals surface area contributed by atoms with Crippen molar-refractivity contribution >= 4 is 17.6 Å². The van der Waals surface area contributed by atoms with Crippen molar-refractivity contribution in [3.8, 4) is 0 Å². The average molecular weight is 289 g/mol. The molecule has 0 radical (unpaired) electrons. The van der Waals surface area contributed by atoms with E-state index in [4.69, 9.17) is 4.74 Å². The Labute approximate surface area is 123 Å². The Hall–Kier alpha value is -1.92. The van der Waals surface area contributed by atoms with E-state index in [1.54, 1.807) is 6.92 Å². The summed E-state index contributed by atoms with van der Waals surface area (Å²) in [6, 6.07) is 6.78. The van der Waals surface area contributed by atoms with Crippen LogP contribution in [0.2, 0.25) is 0 Å². The molecule has 1 aromatic carbocycles. The molecule has 0 spiro atoms. The molecular weight excluding hydrogens is 270 g/mol. The van der Waals surface area contributed by atoms with Crippen LogP contribution in [0.25, 0.3) is 0 Å². The number of hydrogen-bond donors (Lipinski definition) is 1. The number of morpholine rings is 1. The number of hydrogen-bond acceptors (Lipinski definition) is 4. The van der Waals surface area contributed by atoms with Crippen LogP contribution in [0, 0.1) is 0 Å². The third kappa shape index (κ3) is 2.91. The first-order chi connectivity index (χ1) is 10.1. The fourth-order valence-corrected chi connectivity index (χ4v) is 2.62. The molecule has 6 heteroatoms. The zero-order chi connectivity index (χ0) is 14.8. The minimum absolute atomic E-state index is 0.207. The quantitative estimate of drug-likeness (QED) is 0.842. The Kier molecular flexibility index (Phi) is 3.90. The molecule has 2 aliphatic rings. The summed E-state index contributed by atoms with van der Waals surface area (Å²) in [4.78, 5) is 27.2. The second-order valence-electron chi connectivity index (χ2n) is 5.40. The molecule has 0 saturated carbocycles. The van der Waals surface area contributed by atoms with Crippen LogP contribution in [-0.2, 0) is 16.1 Å². The van der Waals surface area contributed by atoms with Crippen molar-refractivity contribution in [1.82, 2.24) is 10.2 Å². The Morgan fingerprint density at radius 2 is 1.86 bits per heavy atom. The molecular formula is C15H19N3O3. The number of benzene rings is 1. The maximum absolute atomic E-state index is 11.9. The van der Waals surface area contributed by atoms with Crippen molar-refractivity contribution in [3.63, 3.8) is 0 Å². The van der Waals surface area contributed by atoms with Crippen LogP contribution in [0.5, 0.6) is 0 Å². The molecule has 21 heavy (non-hydrogen) atoms. The summed E-state index contributed by atoms with van der Waals surface area (Å²) in [7, 11) is 0. The van der Waals surface area contributed by atoms with Gasteiger partial charge >= 0.3 is 6.03 Å². The van der Waals surface area contributed by atoms with Gasteiger partial charge in [-0.15, -0.1) is 0 Å². The SMILES string of the molecule is C[C@@H]1NC(=O)N(c2ccc(CN3CCOCC3)cc2)C1=O. The van der Waals surface area contributed by atoms with Gasteiger partial charge in [0, 0.05) is 19.6 Å². The summed E-state index contributed by atoms with van der Waals surface area (Å²) in [5.74, 6) is -0.207. The lowest BCUT2D eigenvalue weighted by Crippen LogP contribution is -2.35. The summed E-state index contributed by atoms with van der Waals surface area (Å²) in [5.41, 5.74) is 1.79. The minimum Gasteiger partial charge on any atom is -0.379 e. The van der Waals surface area contributed by atoms with Crippen LogP contribution in [-0.4, -0.2) is 49.2 Å². The summed E-state index contributed by atoms with van der Waals surface area (Å²) in [6.45, 7) is 5.97. The van der Waals surface area contributed by atoms with Gasteiger partial charge in [-0.25, -0.2) is 9.69 Å². The topological polar surface area (TPSA) is 61.9 Å². The molecule has 112 valence electrons. The molecule has 1 N–H and O–H groups in total. The highest BCUT2D eigenvalue weighted by atomic mass is 16.5. The van der Waals surface area contributed by atoms with Gasteiger partial charge < -0.3 is 10.1 Å². The molecule has 3 rings (SSSR count). The highest BCUT2D eigenvalue weighted by Crippen LogP contribution is 2.20. The molecule has 1 atom stereocenters. The molecule has 2 fully saturated rings. The summed E-state index contributed by atoms with van der Waals surface area (Å²) in [6.07, 6.45) is 0. The Morgan fingerprint density at radius 3 is 2.43 bits per heavy atom. The number of nitrogens with one attached hydrogen (secondary N) is 1. The molecule has 2 saturated heterocycles. The second-order valence-corrected chi connectivity index (χ2v) is 5.40. The van der Waals surface area contributed by atoms with E-state index in [0.29, 0.717) is 5.69 Å².